The van der Waals surface area contributed by atoms with Crippen LogP contribution in [0.2, 0.25) is 0 Å². The van der Waals surface area contributed by atoms with Gasteiger partial charge in [0.1, 0.15) is 17.1 Å². The van der Waals surface area contributed by atoms with E-state index in [0.717, 1.165) is 33.7 Å². The Balaban J connectivity index is 1.18. The Bertz CT molecular complexity index is 1460. The van der Waals surface area contributed by atoms with Gasteiger partial charge < -0.3 is 19.5 Å². The Morgan fingerprint density at radius 2 is 1.76 bits per heavy atom. The molecule has 3 aromatic heterocycles. The van der Waals surface area contributed by atoms with Gasteiger partial charge in [0, 0.05) is 22.0 Å². The zero-order chi connectivity index (χ0) is 23.7. The summed E-state index contributed by atoms with van der Waals surface area (Å²) in [5.74, 6) is 1.37. The SMILES string of the molecule is Cc1cc(-c2csc(NC(=O)Cc3ccc(NC(=O)c4cc5ccccc5o4)cc3)n2)c(C)o1. The highest BCUT2D eigenvalue weighted by molar-refractivity contribution is 7.14. The summed E-state index contributed by atoms with van der Waals surface area (Å²) in [6.07, 6.45) is 0.191. The molecule has 0 saturated heterocycles. The highest BCUT2D eigenvalue weighted by atomic mass is 32.1. The van der Waals surface area contributed by atoms with Crippen molar-refractivity contribution >= 4 is 44.9 Å². The molecule has 0 bridgehead atoms. The third kappa shape index (κ3) is 4.62. The van der Waals surface area contributed by atoms with Gasteiger partial charge in [0.2, 0.25) is 5.91 Å². The average molecular weight is 472 g/mol. The summed E-state index contributed by atoms with van der Waals surface area (Å²) in [5, 5.41) is 8.96. The summed E-state index contributed by atoms with van der Waals surface area (Å²) in [5.41, 5.74) is 3.80. The molecule has 0 aliphatic heterocycles. The van der Waals surface area contributed by atoms with Crippen LogP contribution in [-0.4, -0.2) is 16.8 Å². The normalized spacial score (nSPS) is 11.0. The van der Waals surface area contributed by atoms with Crippen LogP contribution < -0.4 is 10.6 Å². The summed E-state index contributed by atoms with van der Waals surface area (Å²) in [6, 6.07) is 18.2. The largest absolute Gasteiger partial charge is 0.466 e. The molecular weight excluding hydrogens is 450 g/mol. The summed E-state index contributed by atoms with van der Waals surface area (Å²) >= 11 is 1.37. The molecule has 0 aliphatic carbocycles. The molecule has 7 nitrogen and oxygen atoms in total. The van der Waals surface area contributed by atoms with Crippen LogP contribution in [0.3, 0.4) is 0 Å². The number of furan rings is 2. The van der Waals surface area contributed by atoms with Crippen LogP contribution in [0.25, 0.3) is 22.2 Å². The van der Waals surface area contributed by atoms with E-state index in [1.807, 2.05) is 49.6 Å². The van der Waals surface area contributed by atoms with Crippen LogP contribution in [0.5, 0.6) is 0 Å². The second-order valence-corrected chi connectivity index (χ2v) is 8.75. The number of hydrogen-bond donors (Lipinski definition) is 2. The maximum absolute atomic E-state index is 12.5. The smallest absolute Gasteiger partial charge is 0.291 e. The predicted octanol–water partition coefficient (Wildman–Crippen LogP) is 6.20. The average Bonchev–Trinajstić information content (AvgIpc) is 3.53. The lowest BCUT2D eigenvalue weighted by Gasteiger charge is -2.05. The van der Waals surface area contributed by atoms with Crippen molar-refractivity contribution in [2.24, 2.45) is 0 Å². The molecule has 5 rings (SSSR count). The molecule has 0 saturated carbocycles. The Morgan fingerprint density at radius 1 is 0.971 bits per heavy atom. The second-order valence-electron chi connectivity index (χ2n) is 7.89. The molecule has 0 radical (unpaired) electrons. The number of carbonyl (C=O) groups is 2. The zero-order valence-electron chi connectivity index (χ0n) is 18.5. The van der Waals surface area contributed by atoms with Crippen LogP contribution in [0.1, 0.15) is 27.6 Å². The number of anilines is 2. The number of benzene rings is 2. The lowest BCUT2D eigenvalue weighted by atomic mass is 10.1. The first kappa shape index (κ1) is 21.7. The zero-order valence-corrected chi connectivity index (χ0v) is 19.4. The molecule has 0 aliphatic rings. The number of nitrogens with one attached hydrogen (secondary N) is 2. The van der Waals surface area contributed by atoms with E-state index in [0.29, 0.717) is 16.4 Å². The third-order valence-electron chi connectivity index (χ3n) is 5.29. The van der Waals surface area contributed by atoms with Gasteiger partial charge in [-0.05, 0) is 49.7 Å². The van der Waals surface area contributed by atoms with E-state index in [9.17, 15) is 9.59 Å². The quantitative estimate of drug-likeness (QED) is 0.307. The Hall–Kier alpha value is -4.17. The van der Waals surface area contributed by atoms with Gasteiger partial charge in [-0.25, -0.2) is 4.98 Å². The third-order valence-corrected chi connectivity index (χ3v) is 6.05. The number of rotatable bonds is 6. The molecule has 8 heteroatoms. The monoisotopic (exact) mass is 471 g/mol. The second kappa shape index (κ2) is 8.99. The number of thiazole rings is 1. The maximum Gasteiger partial charge on any atom is 0.291 e. The number of para-hydroxylation sites is 1. The van der Waals surface area contributed by atoms with Crippen molar-refractivity contribution in [3.8, 4) is 11.3 Å². The number of fused-ring (bicyclic) bond motifs is 1. The Morgan fingerprint density at radius 3 is 2.50 bits per heavy atom. The molecule has 0 unspecified atom stereocenters. The topological polar surface area (TPSA) is 97.4 Å². The van der Waals surface area contributed by atoms with Crippen molar-refractivity contribution in [2.45, 2.75) is 20.3 Å². The summed E-state index contributed by atoms with van der Waals surface area (Å²) in [6.45, 7) is 3.78. The molecule has 170 valence electrons. The fourth-order valence-electron chi connectivity index (χ4n) is 3.68. The van der Waals surface area contributed by atoms with Crippen LogP contribution in [-0.2, 0) is 11.2 Å². The molecule has 0 fully saturated rings. The number of aromatic nitrogens is 1. The van der Waals surface area contributed by atoms with E-state index in [1.54, 1.807) is 30.3 Å². The highest BCUT2D eigenvalue weighted by Gasteiger charge is 2.14. The van der Waals surface area contributed by atoms with Crippen LogP contribution in [0.15, 0.2) is 74.9 Å². The number of hydrogen-bond acceptors (Lipinski definition) is 6. The Labute approximate surface area is 199 Å². The van der Waals surface area contributed by atoms with Crippen molar-refractivity contribution in [3.05, 3.63) is 88.9 Å². The molecule has 34 heavy (non-hydrogen) atoms. The van der Waals surface area contributed by atoms with Crippen LogP contribution in [0, 0.1) is 13.8 Å². The van der Waals surface area contributed by atoms with E-state index < -0.39 is 0 Å². The van der Waals surface area contributed by atoms with Gasteiger partial charge in [0.15, 0.2) is 10.9 Å². The van der Waals surface area contributed by atoms with Crippen molar-refractivity contribution in [2.75, 3.05) is 10.6 Å². The molecule has 0 atom stereocenters. The summed E-state index contributed by atoms with van der Waals surface area (Å²) in [4.78, 5) is 29.5. The van der Waals surface area contributed by atoms with Crippen molar-refractivity contribution in [3.63, 3.8) is 0 Å². The van der Waals surface area contributed by atoms with Gasteiger partial charge in [0.25, 0.3) is 5.91 Å². The number of aryl methyl sites for hydroxylation is 2. The minimum atomic E-state index is -0.329. The lowest BCUT2D eigenvalue weighted by molar-refractivity contribution is -0.115. The fraction of sp³-hybridized carbons (Fsp3) is 0.115. The van der Waals surface area contributed by atoms with E-state index in [4.69, 9.17) is 8.83 Å². The van der Waals surface area contributed by atoms with Gasteiger partial charge in [-0.3, -0.25) is 9.59 Å². The van der Waals surface area contributed by atoms with Gasteiger partial charge in [0.05, 0.1) is 12.1 Å². The summed E-state index contributed by atoms with van der Waals surface area (Å²) < 4.78 is 11.2. The molecule has 3 heterocycles. The summed E-state index contributed by atoms with van der Waals surface area (Å²) in [7, 11) is 0. The number of carbonyl (C=O) groups excluding carboxylic acids is 2. The molecule has 2 aromatic carbocycles. The van der Waals surface area contributed by atoms with E-state index in [1.165, 1.54) is 11.3 Å². The first-order valence-corrected chi connectivity index (χ1v) is 11.5. The first-order valence-electron chi connectivity index (χ1n) is 10.7. The van der Waals surface area contributed by atoms with Crippen LogP contribution >= 0.6 is 11.3 Å². The van der Waals surface area contributed by atoms with Gasteiger partial charge in [-0.2, -0.15) is 0 Å². The minimum absolute atomic E-state index is 0.167. The minimum Gasteiger partial charge on any atom is -0.466 e. The van der Waals surface area contributed by atoms with Crippen molar-refractivity contribution < 1.29 is 18.4 Å². The molecule has 0 spiro atoms. The standard InChI is InChI=1S/C26H21N3O4S/c1-15-11-20(16(2)32-15)21-14-34-26(28-21)29-24(30)12-17-7-9-19(10-8-17)27-25(31)23-13-18-5-3-4-6-22(18)33-23/h3-11,13-14H,12H2,1-2H3,(H,27,31)(H,28,29,30). The van der Waals surface area contributed by atoms with Gasteiger partial charge >= 0.3 is 0 Å². The predicted molar refractivity (Wildman–Crippen MR) is 132 cm³/mol. The van der Waals surface area contributed by atoms with Crippen molar-refractivity contribution in [1.82, 2.24) is 4.98 Å². The van der Waals surface area contributed by atoms with E-state index in [-0.39, 0.29) is 24.0 Å². The highest BCUT2D eigenvalue weighted by Crippen LogP contribution is 2.29. The van der Waals surface area contributed by atoms with Gasteiger partial charge in [-0.1, -0.05) is 30.3 Å². The van der Waals surface area contributed by atoms with E-state index >= 15 is 0 Å². The molecule has 5 aromatic rings. The number of amides is 2. The Kier molecular flexibility index (Phi) is 5.73. The van der Waals surface area contributed by atoms with Crippen molar-refractivity contribution in [1.29, 1.82) is 0 Å². The molecular formula is C26H21N3O4S. The molecule has 2 N–H and O–H groups in total. The molecule has 2 amide bonds. The van der Waals surface area contributed by atoms with Crippen LogP contribution in [0.4, 0.5) is 10.8 Å². The lowest BCUT2D eigenvalue weighted by Crippen LogP contribution is -2.14. The fourth-order valence-corrected chi connectivity index (χ4v) is 4.41. The first-order chi connectivity index (χ1) is 16.4. The number of nitrogens with zero attached hydrogens (tertiary/aromatic N) is 1. The maximum atomic E-state index is 12.5. The van der Waals surface area contributed by atoms with E-state index in [2.05, 4.69) is 15.6 Å². The van der Waals surface area contributed by atoms with Gasteiger partial charge in [-0.15, -0.1) is 11.3 Å².